The normalized spacial score (nSPS) is 10.8. The van der Waals surface area contributed by atoms with Gasteiger partial charge in [0.25, 0.3) is 0 Å². The lowest BCUT2D eigenvalue weighted by atomic mass is 10.2. The van der Waals surface area contributed by atoms with Crippen LogP contribution in [0.3, 0.4) is 0 Å². The van der Waals surface area contributed by atoms with E-state index in [0.29, 0.717) is 5.69 Å². The molecule has 0 saturated carbocycles. The Labute approximate surface area is 81.7 Å². The number of hydrogen-bond donors (Lipinski definition) is 3. The Morgan fingerprint density at radius 2 is 1.64 bits per heavy atom. The van der Waals surface area contributed by atoms with Crippen LogP contribution in [0.25, 0.3) is 11.3 Å². The molecule has 2 aromatic rings. The van der Waals surface area contributed by atoms with Crippen LogP contribution in [0.2, 0.25) is 0 Å². The molecule has 0 aliphatic rings. The maximum Gasteiger partial charge on any atom is 0.193 e. The minimum Gasteiger partial charge on any atom is -0.363 e. The standard InChI is InChI=1S/C11H11NO2/c13-11(14)10-7-6-9(12-10)8-4-2-1-3-5-8/h1-7,11-14H. The minimum atomic E-state index is -1.44. The van der Waals surface area contributed by atoms with Crippen LogP contribution < -0.4 is 0 Å². The first kappa shape index (κ1) is 8.99. The third-order valence-corrected chi connectivity index (χ3v) is 2.07. The molecule has 2 rings (SSSR count). The number of aliphatic hydroxyl groups is 2. The molecule has 0 radical (unpaired) electrons. The lowest BCUT2D eigenvalue weighted by Crippen LogP contribution is -1.94. The molecule has 0 aliphatic carbocycles. The molecule has 3 N–H and O–H groups in total. The summed E-state index contributed by atoms with van der Waals surface area (Å²) in [4.78, 5) is 2.93. The molecule has 0 atom stereocenters. The zero-order valence-corrected chi connectivity index (χ0v) is 7.51. The second kappa shape index (κ2) is 3.65. The monoisotopic (exact) mass is 189 g/mol. The molecule has 0 spiro atoms. The number of aromatic amines is 1. The quantitative estimate of drug-likeness (QED) is 0.629. The van der Waals surface area contributed by atoms with E-state index in [0.717, 1.165) is 11.3 Å². The highest BCUT2D eigenvalue weighted by Crippen LogP contribution is 2.19. The molecule has 0 amide bonds. The van der Waals surface area contributed by atoms with E-state index in [1.54, 1.807) is 6.07 Å². The van der Waals surface area contributed by atoms with Crippen molar-refractivity contribution >= 4 is 0 Å². The predicted octanol–water partition coefficient (Wildman–Crippen LogP) is 1.66. The average Bonchev–Trinajstić information content (AvgIpc) is 2.68. The molecule has 3 nitrogen and oxygen atoms in total. The third kappa shape index (κ3) is 1.69. The highest BCUT2D eigenvalue weighted by Gasteiger charge is 2.05. The van der Waals surface area contributed by atoms with Gasteiger partial charge in [-0.05, 0) is 17.7 Å². The van der Waals surface area contributed by atoms with Gasteiger partial charge in [-0.1, -0.05) is 30.3 Å². The molecule has 0 aliphatic heterocycles. The number of hydrogen-bond acceptors (Lipinski definition) is 2. The fraction of sp³-hybridized carbons (Fsp3) is 0.0909. The predicted molar refractivity (Wildman–Crippen MR) is 53.4 cm³/mol. The van der Waals surface area contributed by atoms with Crippen molar-refractivity contribution in [3.63, 3.8) is 0 Å². The summed E-state index contributed by atoms with van der Waals surface area (Å²) < 4.78 is 0. The lowest BCUT2D eigenvalue weighted by Gasteiger charge is -1.99. The molecule has 1 aromatic heterocycles. The van der Waals surface area contributed by atoms with Crippen molar-refractivity contribution < 1.29 is 10.2 Å². The Kier molecular flexibility index (Phi) is 2.35. The molecule has 72 valence electrons. The molecule has 1 heterocycles. The minimum absolute atomic E-state index is 0.406. The van der Waals surface area contributed by atoms with Crippen molar-refractivity contribution in [1.29, 1.82) is 0 Å². The van der Waals surface area contributed by atoms with Crippen LogP contribution in [0, 0.1) is 0 Å². The molecule has 14 heavy (non-hydrogen) atoms. The van der Waals surface area contributed by atoms with Gasteiger partial charge < -0.3 is 15.2 Å². The molecular weight excluding hydrogens is 178 g/mol. The molecule has 1 aromatic carbocycles. The first-order chi connectivity index (χ1) is 6.77. The maximum absolute atomic E-state index is 8.91. The zero-order valence-electron chi connectivity index (χ0n) is 7.51. The molecular formula is C11H11NO2. The van der Waals surface area contributed by atoms with E-state index in [1.165, 1.54) is 0 Å². The topological polar surface area (TPSA) is 56.2 Å². The van der Waals surface area contributed by atoms with Crippen molar-refractivity contribution in [2.45, 2.75) is 6.29 Å². The van der Waals surface area contributed by atoms with Crippen molar-refractivity contribution in [2.24, 2.45) is 0 Å². The molecule has 3 heteroatoms. The van der Waals surface area contributed by atoms with Gasteiger partial charge >= 0.3 is 0 Å². The Hall–Kier alpha value is -1.58. The van der Waals surface area contributed by atoms with Gasteiger partial charge in [0.2, 0.25) is 0 Å². The van der Waals surface area contributed by atoms with Gasteiger partial charge in [-0.15, -0.1) is 0 Å². The van der Waals surface area contributed by atoms with E-state index in [9.17, 15) is 0 Å². The first-order valence-electron chi connectivity index (χ1n) is 4.38. The Balaban J connectivity index is 2.34. The molecule has 0 bridgehead atoms. The van der Waals surface area contributed by atoms with E-state index < -0.39 is 6.29 Å². The van der Waals surface area contributed by atoms with E-state index >= 15 is 0 Å². The van der Waals surface area contributed by atoms with Crippen LogP contribution in [-0.4, -0.2) is 15.2 Å². The van der Waals surface area contributed by atoms with E-state index in [4.69, 9.17) is 10.2 Å². The molecule has 0 saturated heterocycles. The van der Waals surface area contributed by atoms with Crippen LogP contribution >= 0.6 is 0 Å². The van der Waals surface area contributed by atoms with E-state index in [1.807, 2.05) is 36.4 Å². The smallest absolute Gasteiger partial charge is 0.193 e. The van der Waals surface area contributed by atoms with Gasteiger partial charge in [-0.25, -0.2) is 0 Å². The van der Waals surface area contributed by atoms with Crippen LogP contribution in [-0.2, 0) is 0 Å². The average molecular weight is 189 g/mol. The van der Waals surface area contributed by atoms with Gasteiger partial charge in [0.15, 0.2) is 6.29 Å². The number of aromatic nitrogens is 1. The summed E-state index contributed by atoms with van der Waals surface area (Å²) in [7, 11) is 0. The fourth-order valence-corrected chi connectivity index (χ4v) is 1.35. The fourth-order valence-electron chi connectivity index (χ4n) is 1.35. The van der Waals surface area contributed by atoms with Crippen LogP contribution in [0.1, 0.15) is 12.0 Å². The lowest BCUT2D eigenvalue weighted by molar-refractivity contribution is -0.0454. The van der Waals surface area contributed by atoms with Crippen molar-refractivity contribution in [1.82, 2.24) is 4.98 Å². The number of nitrogens with one attached hydrogen (secondary N) is 1. The summed E-state index contributed by atoms with van der Waals surface area (Å²) in [5, 5.41) is 17.8. The summed E-state index contributed by atoms with van der Waals surface area (Å²) >= 11 is 0. The highest BCUT2D eigenvalue weighted by atomic mass is 16.5. The van der Waals surface area contributed by atoms with Gasteiger partial charge in [0, 0.05) is 5.69 Å². The van der Waals surface area contributed by atoms with Crippen LogP contribution in [0.4, 0.5) is 0 Å². The van der Waals surface area contributed by atoms with Crippen LogP contribution in [0.5, 0.6) is 0 Å². The third-order valence-electron chi connectivity index (χ3n) is 2.07. The first-order valence-corrected chi connectivity index (χ1v) is 4.38. The van der Waals surface area contributed by atoms with Crippen molar-refractivity contribution in [3.8, 4) is 11.3 Å². The maximum atomic E-state index is 8.91. The van der Waals surface area contributed by atoms with Gasteiger partial charge in [0.05, 0.1) is 5.69 Å². The van der Waals surface area contributed by atoms with Gasteiger partial charge in [-0.3, -0.25) is 0 Å². The van der Waals surface area contributed by atoms with Crippen molar-refractivity contribution in [3.05, 3.63) is 48.2 Å². The van der Waals surface area contributed by atoms with Crippen LogP contribution in [0.15, 0.2) is 42.5 Å². The highest BCUT2D eigenvalue weighted by molar-refractivity contribution is 5.59. The molecule has 0 unspecified atom stereocenters. The number of H-pyrrole nitrogens is 1. The summed E-state index contributed by atoms with van der Waals surface area (Å²) in [6, 6.07) is 13.2. The molecule has 0 fully saturated rings. The zero-order chi connectivity index (χ0) is 9.97. The second-order valence-corrected chi connectivity index (χ2v) is 3.07. The SMILES string of the molecule is OC(O)c1ccc(-c2ccccc2)[nH]1. The Morgan fingerprint density at radius 3 is 2.21 bits per heavy atom. The van der Waals surface area contributed by atoms with E-state index in [2.05, 4.69) is 4.98 Å². The summed E-state index contributed by atoms with van der Waals surface area (Å²) in [5.74, 6) is 0. The van der Waals surface area contributed by atoms with E-state index in [-0.39, 0.29) is 0 Å². The number of rotatable bonds is 2. The summed E-state index contributed by atoms with van der Waals surface area (Å²) in [6.45, 7) is 0. The Bertz CT molecular complexity index is 406. The second-order valence-electron chi connectivity index (χ2n) is 3.07. The Morgan fingerprint density at radius 1 is 0.929 bits per heavy atom. The van der Waals surface area contributed by atoms with Crippen molar-refractivity contribution in [2.75, 3.05) is 0 Å². The van der Waals surface area contributed by atoms with Gasteiger partial charge in [-0.2, -0.15) is 0 Å². The summed E-state index contributed by atoms with van der Waals surface area (Å²) in [6.07, 6.45) is -1.44. The largest absolute Gasteiger partial charge is 0.363 e. The number of benzene rings is 1. The van der Waals surface area contributed by atoms with Gasteiger partial charge in [0.1, 0.15) is 0 Å². The summed E-state index contributed by atoms with van der Waals surface area (Å²) in [5.41, 5.74) is 2.32. The number of aliphatic hydroxyl groups excluding tert-OH is 1.